The number of aliphatic hydroxyl groups is 1. The quantitative estimate of drug-likeness (QED) is 0.864. The van der Waals surface area contributed by atoms with Crippen LogP contribution in [0.2, 0.25) is 10.0 Å². The van der Waals surface area contributed by atoms with Gasteiger partial charge in [0, 0.05) is 22.3 Å². The largest absolute Gasteiger partial charge is 0.388 e. The second-order valence-electron chi connectivity index (χ2n) is 4.52. The number of benzene rings is 1. The SMILES string of the molecule is CC(C)C(C)(O)CNc1cc(Cl)cc(Cl)c1. The van der Waals surface area contributed by atoms with Crippen molar-refractivity contribution in [2.24, 2.45) is 5.92 Å². The summed E-state index contributed by atoms with van der Waals surface area (Å²) in [6.07, 6.45) is 0. The minimum absolute atomic E-state index is 0.176. The van der Waals surface area contributed by atoms with Gasteiger partial charge in [-0.1, -0.05) is 37.0 Å². The Kier molecular flexibility index (Phi) is 4.48. The van der Waals surface area contributed by atoms with E-state index in [0.717, 1.165) is 5.69 Å². The van der Waals surface area contributed by atoms with Crippen LogP contribution in [-0.2, 0) is 0 Å². The minimum Gasteiger partial charge on any atom is -0.388 e. The molecule has 0 fully saturated rings. The summed E-state index contributed by atoms with van der Waals surface area (Å²) in [6.45, 7) is 6.22. The molecule has 1 aromatic rings. The van der Waals surface area contributed by atoms with E-state index in [4.69, 9.17) is 23.2 Å². The van der Waals surface area contributed by atoms with Gasteiger partial charge in [-0.25, -0.2) is 0 Å². The van der Waals surface area contributed by atoms with E-state index in [-0.39, 0.29) is 5.92 Å². The molecule has 1 unspecified atom stereocenters. The fourth-order valence-electron chi connectivity index (χ4n) is 1.14. The summed E-state index contributed by atoms with van der Waals surface area (Å²) in [7, 11) is 0. The fourth-order valence-corrected chi connectivity index (χ4v) is 1.67. The van der Waals surface area contributed by atoms with Crippen LogP contribution in [0.5, 0.6) is 0 Å². The van der Waals surface area contributed by atoms with Crippen LogP contribution in [0.1, 0.15) is 20.8 Å². The third kappa shape index (κ3) is 3.85. The molecule has 0 aliphatic rings. The Morgan fingerprint density at radius 2 is 1.75 bits per heavy atom. The Balaban J connectivity index is 2.68. The highest BCUT2D eigenvalue weighted by atomic mass is 35.5. The number of hydrogen-bond donors (Lipinski definition) is 2. The summed E-state index contributed by atoms with van der Waals surface area (Å²) in [5, 5.41) is 14.4. The summed E-state index contributed by atoms with van der Waals surface area (Å²) >= 11 is 11.8. The molecule has 0 heterocycles. The van der Waals surface area contributed by atoms with Crippen molar-refractivity contribution in [3.05, 3.63) is 28.2 Å². The maximum atomic E-state index is 10.1. The average Bonchev–Trinajstić information content (AvgIpc) is 2.13. The second kappa shape index (κ2) is 5.26. The molecule has 0 aliphatic carbocycles. The molecule has 16 heavy (non-hydrogen) atoms. The lowest BCUT2D eigenvalue weighted by molar-refractivity contribution is 0.0266. The van der Waals surface area contributed by atoms with E-state index in [9.17, 15) is 5.11 Å². The van der Waals surface area contributed by atoms with E-state index in [1.165, 1.54) is 0 Å². The Hall–Kier alpha value is -0.440. The van der Waals surface area contributed by atoms with E-state index in [1.807, 2.05) is 13.8 Å². The van der Waals surface area contributed by atoms with Gasteiger partial charge >= 0.3 is 0 Å². The molecule has 2 N–H and O–H groups in total. The average molecular weight is 262 g/mol. The Morgan fingerprint density at radius 3 is 2.19 bits per heavy atom. The number of rotatable bonds is 4. The molecule has 0 aromatic heterocycles. The second-order valence-corrected chi connectivity index (χ2v) is 5.40. The van der Waals surface area contributed by atoms with Gasteiger partial charge in [0.25, 0.3) is 0 Å². The van der Waals surface area contributed by atoms with Gasteiger partial charge in [-0.15, -0.1) is 0 Å². The lowest BCUT2D eigenvalue weighted by Crippen LogP contribution is -2.38. The lowest BCUT2D eigenvalue weighted by atomic mass is 9.92. The van der Waals surface area contributed by atoms with Gasteiger partial charge in [0.2, 0.25) is 0 Å². The van der Waals surface area contributed by atoms with Crippen molar-refractivity contribution in [3.63, 3.8) is 0 Å². The number of hydrogen-bond acceptors (Lipinski definition) is 2. The summed E-state index contributed by atoms with van der Waals surface area (Å²) in [4.78, 5) is 0. The molecule has 1 atom stereocenters. The van der Waals surface area contributed by atoms with Gasteiger partial charge in [-0.05, 0) is 31.0 Å². The summed E-state index contributed by atoms with van der Waals surface area (Å²) < 4.78 is 0. The highest BCUT2D eigenvalue weighted by Gasteiger charge is 2.24. The van der Waals surface area contributed by atoms with Crippen LogP contribution in [0.15, 0.2) is 18.2 Å². The summed E-state index contributed by atoms with van der Waals surface area (Å²) in [5.41, 5.74) is 0.0628. The predicted molar refractivity (Wildman–Crippen MR) is 70.4 cm³/mol. The molecule has 0 aliphatic heterocycles. The monoisotopic (exact) mass is 261 g/mol. The molecule has 1 aromatic carbocycles. The molecular weight excluding hydrogens is 245 g/mol. The molecule has 0 radical (unpaired) electrons. The molecule has 0 bridgehead atoms. The minimum atomic E-state index is -0.755. The van der Waals surface area contributed by atoms with E-state index >= 15 is 0 Å². The van der Waals surface area contributed by atoms with E-state index in [0.29, 0.717) is 16.6 Å². The number of anilines is 1. The van der Waals surface area contributed by atoms with Crippen LogP contribution in [0.4, 0.5) is 5.69 Å². The molecular formula is C12H17Cl2NO. The van der Waals surface area contributed by atoms with Crippen molar-refractivity contribution in [2.45, 2.75) is 26.4 Å². The van der Waals surface area contributed by atoms with Crippen LogP contribution >= 0.6 is 23.2 Å². The topological polar surface area (TPSA) is 32.3 Å². The van der Waals surface area contributed by atoms with Gasteiger partial charge in [0.1, 0.15) is 0 Å². The summed E-state index contributed by atoms with van der Waals surface area (Å²) in [5.74, 6) is 0.176. The third-order valence-electron chi connectivity index (χ3n) is 2.76. The van der Waals surface area contributed by atoms with Crippen molar-refractivity contribution in [1.29, 1.82) is 0 Å². The van der Waals surface area contributed by atoms with Crippen molar-refractivity contribution in [2.75, 3.05) is 11.9 Å². The lowest BCUT2D eigenvalue weighted by Gasteiger charge is -2.28. The zero-order valence-electron chi connectivity index (χ0n) is 9.72. The number of nitrogens with one attached hydrogen (secondary N) is 1. The zero-order valence-corrected chi connectivity index (χ0v) is 11.2. The van der Waals surface area contributed by atoms with Crippen LogP contribution in [0.3, 0.4) is 0 Å². The highest BCUT2D eigenvalue weighted by molar-refractivity contribution is 6.35. The first-order chi connectivity index (χ1) is 7.31. The molecule has 4 heteroatoms. The maximum absolute atomic E-state index is 10.1. The van der Waals surface area contributed by atoms with Crippen molar-refractivity contribution in [3.8, 4) is 0 Å². The standard InChI is InChI=1S/C12H17Cl2NO/c1-8(2)12(3,16)7-15-11-5-9(13)4-10(14)6-11/h4-6,8,15-16H,7H2,1-3H3. The Labute approximate surface area is 107 Å². The molecule has 1 rings (SSSR count). The first-order valence-corrected chi connectivity index (χ1v) is 5.99. The smallest absolute Gasteiger partial charge is 0.0813 e. The fraction of sp³-hybridized carbons (Fsp3) is 0.500. The zero-order chi connectivity index (χ0) is 12.3. The van der Waals surface area contributed by atoms with Crippen molar-refractivity contribution < 1.29 is 5.11 Å². The number of halogens is 2. The van der Waals surface area contributed by atoms with Crippen LogP contribution in [0.25, 0.3) is 0 Å². The molecule has 0 saturated heterocycles. The first-order valence-electron chi connectivity index (χ1n) is 5.23. The van der Waals surface area contributed by atoms with E-state index in [2.05, 4.69) is 5.32 Å². The van der Waals surface area contributed by atoms with Crippen molar-refractivity contribution in [1.82, 2.24) is 0 Å². The normalized spacial score (nSPS) is 14.9. The molecule has 0 amide bonds. The van der Waals surface area contributed by atoms with Gasteiger partial charge < -0.3 is 10.4 Å². The maximum Gasteiger partial charge on any atom is 0.0813 e. The van der Waals surface area contributed by atoms with Gasteiger partial charge in [-0.3, -0.25) is 0 Å². The van der Waals surface area contributed by atoms with E-state index in [1.54, 1.807) is 25.1 Å². The van der Waals surface area contributed by atoms with Crippen LogP contribution < -0.4 is 5.32 Å². The molecule has 2 nitrogen and oxygen atoms in total. The Morgan fingerprint density at radius 1 is 1.25 bits per heavy atom. The molecule has 0 spiro atoms. The third-order valence-corrected chi connectivity index (χ3v) is 3.19. The van der Waals surface area contributed by atoms with Crippen LogP contribution in [-0.4, -0.2) is 17.3 Å². The van der Waals surface area contributed by atoms with Crippen LogP contribution in [0, 0.1) is 5.92 Å². The summed E-state index contributed by atoms with van der Waals surface area (Å²) in [6, 6.07) is 5.24. The first kappa shape index (κ1) is 13.6. The predicted octanol–water partition coefficient (Wildman–Crippen LogP) is 3.81. The van der Waals surface area contributed by atoms with E-state index < -0.39 is 5.60 Å². The Bertz CT molecular complexity index is 344. The van der Waals surface area contributed by atoms with Gasteiger partial charge in [0.05, 0.1) is 5.60 Å². The van der Waals surface area contributed by atoms with Crippen molar-refractivity contribution >= 4 is 28.9 Å². The molecule has 0 saturated carbocycles. The van der Waals surface area contributed by atoms with Gasteiger partial charge in [0.15, 0.2) is 0 Å². The highest BCUT2D eigenvalue weighted by Crippen LogP contribution is 2.24. The molecule has 90 valence electrons. The van der Waals surface area contributed by atoms with Gasteiger partial charge in [-0.2, -0.15) is 0 Å².